The molecule has 1 unspecified atom stereocenters. The maximum absolute atomic E-state index is 11.6. The molecule has 1 fully saturated rings. The van der Waals surface area contributed by atoms with Gasteiger partial charge in [0.05, 0.1) is 14.2 Å². The summed E-state index contributed by atoms with van der Waals surface area (Å²) in [5.74, 6) is 1.49. The second kappa shape index (κ2) is 6.59. The summed E-state index contributed by atoms with van der Waals surface area (Å²) in [6.07, 6.45) is 3.65. The van der Waals surface area contributed by atoms with Crippen molar-refractivity contribution >= 4 is 11.8 Å². The van der Waals surface area contributed by atoms with E-state index in [9.17, 15) is 4.79 Å². The first-order valence-electron chi connectivity index (χ1n) is 7.07. The molecule has 0 radical (unpaired) electrons. The van der Waals surface area contributed by atoms with Gasteiger partial charge in [0.15, 0.2) is 0 Å². The predicted octanol–water partition coefficient (Wildman–Crippen LogP) is 2.50. The third kappa shape index (κ3) is 3.03. The number of nitrogens with zero attached hydrogens (tertiary/aromatic N) is 2. The summed E-state index contributed by atoms with van der Waals surface area (Å²) < 4.78 is 9.94. The summed E-state index contributed by atoms with van der Waals surface area (Å²) in [5, 5.41) is 0. The van der Waals surface area contributed by atoms with E-state index >= 15 is 0 Å². The molecule has 0 bridgehead atoms. The molecule has 0 aromatic carbocycles. The molecule has 110 valence electrons. The van der Waals surface area contributed by atoms with Gasteiger partial charge in [0.1, 0.15) is 11.4 Å². The third-order valence-electron chi connectivity index (χ3n) is 3.86. The van der Waals surface area contributed by atoms with Crippen LogP contribution in [0.2, 0.25) is 0 Å². The van der Waals surface area contributed by atoms with Crippen LogP contribution in [0.25, 0.3) is 0 Å². The number of esters is 1. The highest BCUT2D eigenvalue weighted by Crippen LogP contribution is 2.26. The highest BCUT2D eigenvalue weighted by molar-refractivity contribution is 5.92. The van der Waals surface area contributed by atoms with Crippen LogP contribution in [0.4, 0.5) is 5.82 Å². The Morgan fingerprint density at radius 1 is 1.45 bits per heavy atom. The molecule has 0 N–H and O–H groups in total. The van der Waals surface area contributed by atoms with E-state index in [-0.39, 0.29) is 0 Å². The Hall–Kier alpha value is -1.78. The van der Waals surface area contributed by atoms with Crippen molar-refractivity contribution in [2.75, 3.05) is 32.2 Å². The number of carbonyl (C=O) groups excluding carboxylic acids is 1. The van der Waals surface area contributed by atoms with Crippen molar-refractivity contribution in [3.8, 4) is 5.88 Å². The Kier molecular flexibility index (Phi) is 4.82. The van der Waals surface area contributed by atoms with E-state index < -0.39 is 5.97 Å². The Morgan fingerprint density at radius 3 is 2.90 bits per heavy atom. The zero-order chi connectivity index (χ0) is 14.5. The summed E-state index contributed by atoms with van der Waals surface area (Å²) in [5.41, 5.74) is 0.364. The summed E-state index contributed by atoms with van der Waals surface area (Å²) in [6.45, 7) is 4.25. The van der Waals surface area contributed by atoms with Gasteiger partial charge in [0.25, 0.3) is 0 Å². The summed E-state index contributed by atoms with van der Waals surface area (Å²) in [7, 11) is 2.87. The molecular formula is C15H22N2O3. The number of ether oxygens (including phenoxy) is 2. The number of hydrogen-bond acceptors (Lipinski definition) is 5. The fraction of sp³-hybridized carbons (Fsp3) is 0.600. The van der Waals surface area contributed by atoms with E-state index in [0.717, 1.165) is 24.8 Å². The largest absolute Gasteiger partial charge is 0.480 e. The second-order valence-corrected chi connectivity index (χ2v) is 5.08. The van der Waals surface area contributed by atoms with Gasteiger partial charge in [-0.2, -0.15) is 4.98 Å². The molecule has 1 saturated heterocycles. The Balaban J connectivity index is 2.22. The van der Waals surface area contributed by atoms with E-state index in [2.05, 4.69) is 16.8 Å². The molecule has 2 rings (SSSR count). The van der Waals surface area contributed by atoms with Crippen molar-refractivity contribution in [2.45, 2.75) is 26.2 Å². The average molecular weight is 278 g/mol. The van der Waals surface area contributed by atoms with Crippen LogP contribution in [0.3, 0.4) is 0 Å². The first kappa shape index (κ1) is 14.6. The number of methoxy groups -OCH3 is 2. The van der Waals surface area contributed by atoms with Crippen LogP contribution in [0.1, 0.15) is 36.5 Å². The maximum Gasteiger partial charge on any atom is 0.343 e. The van der Waals surface area contributed by atoms with Gasteiger partial charge >= 0.3 is 5.97 Å². The number of aromatic nitrogens is 1. The summed E-state index contributed by atoms with van der Waals surface area (Å²) >= 11 is 0. The van der Waals surface area contributed by atoms with Crippen LogP contribution in [0.15, 0.2) is 12.1 Å². The first-order chi connectivity index (χ1) is 9.69. The van der Waals surface area contributed by atoms with Crippen molar-refractivity contribution in [1.82, 2.24) is 4.98 Å². The molecule has 5 nitrogen and oxygen atoms in total. The lowest BCUT2D eigenvalue weighted by atomic mass is 9.96. The van der Waals surface area contributed by atoms with E-state index in [4.69, 9.17) is 9.47 Å². The van der Waals surface area contributed by atoms with Gasteiger partial charge in [0, 0.05) is 13.1 Å². The molecule has 0 amide bonds. The van der Waals surface area contributed by atoms with Crippen LogP contribution < -0.4 is 9.64 Å². The van der Waals surface area contributed by atoms with Crippen LogP contribution in [-0.2, 0) is 4.74 Å². The van der Waals surface area contributed by atoms with Gasteiger partial charge in [-0.15, -0.1) is 0 Å². The smallest absolute Gasteiger partial charge is 0.343 e. The standard InChI is InChI=1S/C15H22N2O3/c1-4-11-6-5-9-17(10-11)13-8-7-12(15(18)20-3)14(16-13)19-2/h7-8,11H,4-6,9-10H2,1-3H3. The molecule has 1 aliphatic heterocycles. The summed E-state index contributed by atoms with van der Waals surface area (Å²) in [6, 6.07) is 3.59. The van der Waals surface area contributed by atoms with E-state index in [1.54, 1.807) is 6.07 Å². The number of pyridine rings is 1. The molecule has 0 saturated carbocycles. The quantitative estimate of drug-likeness (QED) is 0.792. The normalized spacial score (nSPS) is 18.8. The molecule has 1 aromatic heterocycles. The van der Waals surface area contributed by atoms with Crippen LogP contribution >= 0.6 is 0 Å². The minimum absolute atomic E-state index is 0.327. The van der Waals surface area contributed by atoms with Crippen molar-refractivity contribution in [3.63, 3.8) is 0 Å². The minimum Gasteiger partial charge on any atom is -0.480 e. The fourth-order valence-corrected chi connectivity index (χ4v) is 2.63. The zero-order valence-electron chi connectivity index (χ0n) is 12.4. The predicted molar refractivity (Wildman–Crippen MR) is 77.4 cm³/mol. The van der Waals surface area contributed by atoms with Gasteiger partial charge in [-0.25, -0.2) is 4.79 Å². The number of carbonyl (C=O) groups is 1. The van der Waals surface area contributed by atoms with Crippen molar-refractivity contribution in [2.24, 2.45) is 5.92 Å². The number of piperidine rings is 1. The van der Waals surface area contributed by atoms with Crippen molar-refractivity contribution in [3.05, 3.63) is 17.7 Å². The maximum atomic E-state index is 11.6. The SMILES string of the molecule is CCC1CCCN(c2ccc(C(=O)OC)c(OC)n2)C1. The Bertz CT molecular complexity index is 476. The lowest BCUT2D eigenvalue weighted by molar-refractivity contribution is 0.0596. The minimum atomic E-state index is -0.425. The molecule has 20 heavy (non-hydrogen) atoms. The highest BCUT2D eigenvalue weighted by atomic mass is 16.5. The van der Waals surface area contributed by atoms with Gasteiger partial charge in [-0.1, -0.05) is 13.3 Å². The van der Waals surface area contributed by atoms with E-state index in [1.165, 1.54) is 33.5 Å². The number of anilines is 1. The first-order valence-corrected chi connectivity index (χ1v) is 7.07. The second-order valence-electron chi connectivity index (χ2n) is 5.08. The van der Waals surface area contributed by atoms with Gasteiger partial charge in [0.2, 0.25) is 5.88 Å². The van der Waals surface area contributed by atoms with Crippen molar-refractivity contribution < 1.29 is 14.3 Å². The summed E-state index contributed by atoms with van der Waals surface area (Å²) in [4.78, 5) is 18.3. The lowest BCUT2D eigenvalue weighted by Gasteiger charge is -2.33. The molecular weight excluding hydrogens is 256 g/mol. The van der Waals surface area contributed by atoms with Crippen molar-refractivity contribution in [1.29, 1.82) is 0 Å². The molecule has 2 heterocycles. The van der Waals surface area contributed by atoms with Crippen LogP contribution in [0, 0.1) is 5.92 Å². The van der Waals surface area contributed by atoms with Crippen LogP contribution in [0.5, 0.6) is 5.88 Å². The molecule has 0 aliphatic carbocycles. The van der Waals surface area contributed by atoms with E-state index in [1.807, 2.05) is 6.07 Å². The van der Waals surface area contributed by atoms with Gasteiger partial charge in [-0.05, 0) is 30.9 Å². The third-order valence-corrected chi connectivity index (χ3v) is 3.86. The number of rotatable bonds is 4. The molecule has 1 aromatic rings. The van der Waals surface area contributed by atoms with E-state index in [0.29, 0.717) is 11.4 Å². The monoisotopic (exact) mass is 278 g/mol. The molecule has 1 atom stereocenters. The fourth-order valence-electron chi connectivity index (χ4n) is 2.63. The molecule has 1 aliphatic rings. The highest BCUT2D eigenvalue weighted by Gasteiger charge is 2.22. The average Bonchev–Trinajstić information content (AvgIpc) is 2.53. The van der Waals surface area contributed by atoms with Gasteiger partial charge in [-0.3, -0.25) is 0 Å². The molecule has 0 spiro atoms. The Morgan fingerprint density at radius 2 is 2.25 bits per heavy atom. The number of hydrogen-bond donors (Lipinski definition) is 0. The topological polar surface area (TPSA) is 51.7 Å². The Labute approximate surface area is 119 Å². The lowest BCUT2D eigenvalue weighted by Crippen LogP contribution is -2.35. The van der Waals surface area contributed by atoms with Gasteiger partial charge < -0.3 is 14.4 Å². The zero-order valence-corrected chi connectivity index (χ0v) is 12.4. The molecule has 5 heteroatoms. The van der Waals surface area contributed by atoms with Crippen LogP contribution in [-0.4, -0.2) is 38.3 Å².